The first kappa shape index (κ1) is 75.1. The fourth-order valence-electron chi connectivity index (χ4n) is 26.1. The van der Waals surface area contributed by atoms with Crippen LogP contribution in [0.2, 0.25) is 0 Å². The first-order chi connectivity index (χ1) is 69.4. The molecule has 0 bridgehead atoms. The van der Waals surface area contributed by atoms with Crippen LogP contribution in [0.25, 0.3) is 242 Å². The molecule has 16 nitrogen and oxygen atoms in total. The van der Waals surface area contributed by atoms with E-state index in [2.05, 4.69) is 276 Å². The van der Waals surface area contributed by atoms with Crippen LogP contribution in [0.1, 0.15) is 89.0 Å². The molecule has 0 N–H and O–H groups in total. The molecule has 16 aromatic heterocycles. The van der Waals surface area contributed by atoms with Crippen LogP contribution in [0.4, 0.5) is 0 Å². The second kappa shape index (κ2) is 27.7. The Morgan fingerprint density at radius 2 is 0.464 bits per heavy atom. The van der Waals surface area contributed by atoms with Gasteiger partial charge in [-0.1, -0.05) is 140 Å². The standard InChI is InChI=1S/4C31H18N4/c1-2-4-21-17(3-1)9-18-12-23-19(11-22(18)21)10-20-13-25-26(14-24(20)23)31-34-28-16-33-8-6-30(28)35(31)29-5-7-32-15-27(25)29;1-2-4-20-17(3-1)11-18-12-19-13-25-21(24(19)14-23(18)20)5-6-22-30(25)26-15-32-9-7-28(26)35-29-8-10-33-16-27(29)34-31(22)35;1-2-4-20-17(3-1)11-18-5-6-21-22-14-25-23(12-19(22)13-24(21)30(18)20)26-15-32-9-7-28(26)35-29-8-10-33-16-27(29)34-31(25)35;1-2-4-20-17(3-1)13-18-5-6-19-14-23-21(29(19)28(18)20)7-8-22-30(23)24-15-32-11-9-26(24)35-27-10-12-33-16-25(27)34-31(22)35/h1-8,11-16H,9-10H2;2*1-10,12,14-16H,11,13H2;1-12,15-16H,13-14H2. The average molecular weight is 1790 g/mol. The number of hydrogen-bond acceptors (Lipinski definition) is 12. The lowest BCUT2D eigenvalue weighted by Crippen LogP contribution is -1.95. The molecule has 8 aliphatic rings. The van der Waals surface area contributed by atoms with E-state index in [4.69, 9.17) is 19.9 Å². The van der Waals surface area contributed by atoms with Gasteiger partial charge in [0.2, 0.25) is 0 Å². The number of benzene rings is 12. The molecule has 12 aromatic carbocycles. The van der Waals surface area contributed by atoms with Gasteiger partial charge in [-0.05, 0) is 343 Å². The average Bonchev–Trinajstić information content (AvgIpc) is 1.52. The topological polar surface area (TPSA) is 172 Å². The zero-order valence-corrected chi connectivity index (χ0v) is 75.1. The molecule has 0 saturated heterocycles. The number of pyridine rings is 12. The predicted molar refractivity (Wildman–Crippen MR) is 559 cm³/mol. The van der Waals surface area contributed by atoms with Crippen molar-refractivity contribution in [1.29, 1.82) is 0 Å². The van der Waals surface area contributed by atoms with Crippen molar-refractivity contribution < 1.29 is 0 Å². The Balaban J connectivity index is 0.0000000829. The van der Waals surface area contributed by atoms with Crippen LogP contribution in [0.3, 0.4) is 0 Å². The molecule has 28 aromatic rings. The Bertz CT molecular complexity index is 10700. The Hall–Kier alpha value is -18.3. The van der Waals surface area contributed by atoms with Gasteiger partial charge in [-0.2, -0.15) is 0 Å². The molecule has 0 spiro atoms. The van der Waals surface area contributed by atoms with Gasteiger partial charge in [0, 0.05) is 128 Å². The second-order valence-corrected chi connectivity index (χ2v) is 38.9. The number of fused-ring (bicyclic) bond motifs is 60. The van der Waals surface area contributed by atoms with E-state index in [1.165, 1.54) is 221 Å². The zero-order valence-electron chi connectivity index (χ0n) is 75.1. The fraction of sp³-hybridized carbons (Fsp3) is 0.0645. The van der Waals surface area contributed by atoms with Crippen LogP contribution >= 0.6 is 0 Å². The van der Waals surface area contributed by atoms with Gasteiger partial charge >= 0.3 is 0 Å². The third-order valence-corrected chi connectivity index (χ3v) is 31.9. The summed E-state index contributed by atoms with van der Waals surface area (Å²) in [5, 5.41) is 14.3. The number of rotatable bonds is 0. The highest BCUT2D eigenvalue weighted by molar-refractivity contribution is 6.22. The van der Waals surface area contributed by atoms with Gasteiger partial charge in [0.15, 0.2) is 0 Å². The summed E-state index contributed by atoms with van der Waals surface area (Å²) in [7, 11) is 0. The minimum absolute atomic E-state index is 0.911. The van der Waals surface area contributed by atoms with Crippen molar-refractivity contribution in [1.82, 2.24) is 77.4 Å². The molecule has 0 unspecified atom stereocenters. The van der Waals surface area contributed by atoms with Gasteiger partial charge in [-0.3, -0.25) is 57.5 Å². The number of aromatic nitrogens is 16. The van der Waals surface area contributed by atoms with Gasteiger partial charge in [0.05, 0.1) is 68.9 Å². The minimum Gasteiger partial charge on any atom is -0.291 e. The minimum atomic E-state index is 0.911. The molecule has 16 heterocycles. The quantitative estimate of drug-likeness (QED) is 0.132. The van der Waals surface area contributed by atoms with E-state index in [9.17, 15) is 0 Å². The van der Waals surface area contributed by atoms with Crippen molar-refractivity contribution in [3.63, 3.8) is 0 Å². The second-order valence-electron chi connectivity index (χ2n) is 38.9. The smallest absolute Gasteiger partial charge is 0.146 e. The molecular formula is C124H72N16. The summed E-state index contributed by atoms with van der Waals surface area (Å²) in [6, 6.07) is 89.7. The molecule has 8 aliphatic carbocycles. The maximum Gasteiger partial charge on any atom is 0.146 e. The Kier molecular flexibility index (Phi) is 14.9. The first-order valence-corrected chi connectivity index (χ1v) is 48.1. The molecule has 0 amide bonds. The van der Waals surface area contributed by atoms with E-state index in [0.29, 0.717) is 0 Å². The van der Waals surface area contributed by atoms with Crippen molar-refractivity contribution in [2.24, 2.45) is 0 Å². The lowest BCUT2D eigenvalue weighted by Gasteiger charge is -2.13. The third-order valence-electron chi connectivity index (χ3n) is 31.9. The summed E-state index contributed by atoms with van der Waals surface area (Å²) in [5.41, 5.74) is 61.3. The van der Waals surface area contributed by atoms with Crippen LogP contribution in [-0.4, -0.2) is 77.4 Å². The molecule has 648 valence electrons. The maximum absolute atomic E-state index is 5.04. The molecule has 0 radical (unpaired) electrons. The zero-order chi connectivity index (χ0) is 90.7. The summed E-state index contributed by atoms with van der Waals surface area (Å²) in [5.74, 6) is 0. The summed E-state index contributed by atoms with van der Waals surface area (Å²) in [6.45, 7) is 0. The maximum atomic E-state index is 5.04. The molecule has 0 saturated carbocycles. The van der Waals surface area contributed by atoms with E-state index < -0.39 is 0 Å². The summed E-state index contributed by atoms with van der Waals surface area (Å²) in [4.78, 5) is 55.5. The molecule has 0 atom stereocenters. The van der Waals surface area contributed by atoms with E-state index in [-0.39, 0.29) is 0 Å². The lowest BCUT2D eigenvalue weighted by molar-refractivity contribution is 1.22. The SMILES string of the molecule is c1ccc2c(c1)Cc1cc3c(cc1-2)-c1ccc2c(c1C3)c1cnccc1n1c3ccncc3nc21.c1ccc2c(c1)Cc1cc3c(cc1-2)Cc1cc2c4cnccc4n4c5ccncc5nc4c2cc1-3.c1ccc2c(c1)Cc1ccc3c(c1-2)-c1ccc2c(c1C3)c1cnccc1n1c3ccncc3nc21.c1ccc2c(c1)Cc1ccc3c(c1-2)Cc1cc2c4cnccc4n4c5ccncc5nc4c2cc1-3. The summed E-state index contributed by atoms with van der Waals surface area (Å²) in [6.07, 6.45) is 38.1. The third kappa shape index (κ3) is 10.3. The van der Waals surface area contributed by atoms with Crippen molar-refractivity contribution in [3.8, 4) is 89.0 Å². The Labute approximate surface area is 796 Å². The molecule has 16 heteroatoms. The lowest BCUT2D eigenvalue weighted by atomic mass is 9.92. The molecule has 36 rings (SSSR count). The largest absolute Gasteiger partial charge is 0.291 e. The van der Waals surface area contributed by atoms with Crippen LogP contribution in [-0.2, 0) is 51.4 Å². The van der Waals surface area contributed by atoms with E-state index in [1.807, 2.05) is 123 Å². The van der Waals surface area contributed by atoms with Gasteiger partial charge in [0.1, 0.15) is 44.7 Å². The monoisotopic (exact) mass is 1780 g/mol. The van der Waals surface area contributed by atoms with Gasteiger partial charge in [0.25, 0.3) is 0 Å². The van der Waals surface area contributed by atoms with Crippen molar-refractivity contribution >= 4 is 153 Å². The van der Waals surface area contributed by atoms with Crippen LogP contribution in [0.5, 0.6) is 0 Å². The summed E-state index contributed by atoms with van der Waals surface area (Å²) >= 11 is 0. The number of imidazole rings is 4. The van der Waals surface area contributed by atoms with Gasteiger partial charge in [-0.15, -0.1) is 0 Å². The Morgan fingerprint density at radius 3 is 0.979 bits per heavy atom. The molecule has 140 heavy (non-hydrogen) atoms. The number of hydrogen-bond donors (Lipinski definition) is 0. The van der Waals surface area contributed by atoms with Gasteiger partial charge in [-0.25, -0.2) is 19.9 Å². The molecular weight excluding hydrogens is 1710 g/mol. The first-order valence-electron chi connectivity index (χ1n) is 48.1. The van der Waals surface area contributed by atoms with Crippen LogP contribution in [0, 0.1) is 0 Å². The number of nitrogens with zero attached hydrogens (tertiary/aromatic N) is 16. The molecule has 0 fully saturated rings. The predicted octanol–water partition coefficient (Wildman–Crippen LogP) is 26.9. The van der Waals surface area contributed by atoms with E-state index >= 15 is 0 Å². The normalized spacial score (nSPS) is 13.5. The van der Waals surface area contributed by atoms with E-state index in [1.54, 1.807) is 0 Å². The highest BCUT2D eigenvalue weighted by atomic mass is 15.1. The Morgan fingerprint density at radius 1 is 0.164 bits per heavy atom. The highest BCUT2D eigenvalue weighted by Gasteiger charge is 2.36. The van der Waals surface area contributed by atoms with Crippen molar-refractivity contribution in [2.75, 3.05) is 0 Å². The fourth-order valence-corrected chi connectivity index (χ4v) is 26.1. The van der Waals surface area contributed by atoms with Gasteiger partial charge < -0.3 is 0 Å². The van der Waals surface area contributed by atoms with Crippen molar-refractivity contribution in [2.45, 2.75) is 51.4 Å². The van der Waals surface area contributed by atoms with Crippen LogP contribution in [0.15, 0.2) is 342 Å². The molecule has 0 aliphatic heterocycles. The van der Waals surface area contributed by atoms with Crippen molar-refractivity contribution in [3.05, 3.63) is 431 Å². The highest BCUT2D eigenvalue weighted by Crippen LogP contribution is 2.56. The van der Waals surface area contributed by atoms with E-state index in [0.717, 1.165) is 162 Å². The summed E-state index contributed by atoms with van der Waals surface area (Å²) < 4.78 is 9.05. The van der Waals surface area contributed by atoms with Crippen LogP contribution < -0.4 is 0 Å².